The van der Waals surface area contributed by atoms with Crippen molar-refractivity contribution in [3.8, 4) is 0 Å². The van der Waals surface area contributed by atoms with E-state index in [9.17, 15) is 14.4 Å². The van der Waals surface area contributed by atoms with Crippen molar-refractivity contribution in [3.05, 3.63) is 36.5 Å². The van der Waals surface area contributed by atoms with Gasteiger partial charge in [0.25, 0.3) is 0 Å². The zero-order valence-electron chi connectivity index (χ0n) is 42.8. The van der Waals surface area contributed by atoms with Gasteiger partial charge in [-0.25, -0.2) is 0 Å². The van der Waals surface area contributed by atoms with Crippen molar-refractivity contribution in [2.45, 2.75) is 303 Å². The Balaban J connectivity index is 4.35. The molecule has 0 spiro atoms. The Morgan fingerprint density at radius 2 is 0.609 bits per heavy atom. The standard InChI is InChI=1S/C58H106O6/c1-4-7-10-13-16-19-22-25-28-30-33-36-39-42-45-48-51-57(60)63-54-55(53-62-56(59)50-47-44-41-38-35-32-27-24-21-18-15-12-9-6-3)64-58(61)52-49-46-43-40-37-34-31-29-26-23-20-17-14-11-8-5-2/h9,12,18,21,27,32,55H,4-8,10-11,13-17,19-20,22-26,28-31,33-54H2,1-3H3/b12-9-,21-18-,32-27-. The molecule has 374 valence electrons. The number of rotatable bonds is 51. The fraction of sp³-hybridized carbons (Fsp3) is 0.845. The average molecular weight is 899 g/mol. The minimum atomic E-state index is -0.776. The zero-order valence-corrected chi connectivity index (χ0v) is 42.8. The van der Waals surface area contributed by atoms with Gasteiger partial charge in [-0.2, -0.15) is 0 Å². The average Bonchev–Trinajstić information content (AvgIpc) is 3.29. The van der Waals surface area contributed by atoms with Gasteiger partial charge in [0.15, 0.2) is 6.10 Å². The molecule has 6 nitrogen and oxygen atoms in total. The zero-order chi connectivity index (χ0) is 46.5. The topological polar surface area (TPSA) is 78.9 Å². The van der Waals surface area contributed by atoms with Gasteiger partial charge in [0.2, 0.25) is 0 Å². The minimum Gasteiger partial charge on any atom is -0.462 e. The predicted molar refractivity (Wildman–Crippen MR) is 275 cm³/mol. The van der Waals surface area contributed by atoms with Gasteiger partial charge in [0.1, 0.15) is 13.2 Å². The van der Waals surface area contributed by atoms with Gasteiger partial charge in [-0.15, -0.1) is 0 Å². The van der Waals surface area contributed by atoms with Crippen LogP contribution in [0.3, 0.4) is 0 Å². The fourth-order valence-electron chi connectivity index (χ4n) is 8.22. The smallest absolute Gasteiger partial charge is 0.306 e. The lowest BCUT2D eigenvalue weighted by molar-refractivity contribution is -0.167. The van der Waals surface area contributed by atoms with Crippen LogP contribution in [0.15, 0.2) is 36.5 Å². The third-order valence-electron chi connectivity index (χ3n) is 12.4. The van der Waals surface area contributed by atoms with Crippen LogP contribution in [0.5, 0.6) is 0 Å². The maximum absolute atomic E-state index is 12.8. The van der Waals surface area contributed by atoms with E-state index in [0.717, 1.165) is 89.9 Å². The minimum absolute atomic E-state index is 0.0745. The molecule has 0 aromatic carbocycles. The molecule has 64 heavy (non-hydrogen) atoms. The van der Waals surface area contributed by atoms with Crippen LogP contribution in [-0.2, 0) is 28.6 Å². The monoisotopic (exact) mass is 899 g/mol. The van der Waals surface area contributed by atoms with E-state index in [2.05, 4.69) is 57.2 Å². The maximum atomic E-state index is 12.8. The molecule has 1 unspecified atom stereocenters. The Hall–Kier alpha value is -2.37. The van der Waals surface area contributed by atoms with E-state index in [1.165, 1.54) is 167 Å². The summed E-state index contributed by atoms with van der Waals surface area (Å²) in [7, 11) is 0. The van der Waals surface area contributed by atoms with E-state index < -0.39 is 6.10 Å². The van der Waals surface area contributed by atoms with Gasteiger partial charge in [-0.1, -0.05) is 263 Å². The molecule has 0 aliphatic carbocycles. The molecule has 0 aliphatic rings. The van der Waals surface area contributed by atoms with Crippen LogP contribution in [-0.4, -0.2) is 37.2 Å². The third-order valence-corrected chi connectivity index (χ3v) is 12.4. The molecule has 0 aliphatic heterocycles. The first-order valence-corrected chi connectivity index (χ1v) is 28.0. The molecule has 0 saturated carbocycles. The van der Waals surface area contributed by atoms with E-state index in [1.54, 1.807) is 0 Å². The normalized spacial score (nSPS) is 12.2. The second kappa shape index (κ2) is 53.2. The summed E-state index contributed by atoms with van der Waals surface area (Å²) in [6, 6.07) is 0. The summed E-state index contributed by atoms with van der Waals surface area (Å²) in [5.74, 6) is -0.880. The van der Waals surface area contributed by atoms with Crippen LogP contribution in [0.4, 0.5) is 0 Å². The van der Waals surface area contributed by atoms with E-state index in [4.69, 9.17) is 14.2 Å². The molecular weight excluding hydrogens is 793 g/mol. The van der Waals surface area contributed by atoms with Crippen molar-refractivity contribution < 1.29 is 28.6 Å². The Bertz CT molecular complexity index is 1080. The van der Waals surface area contributed by atoms with Crippen LogP contribution in [0.2, 0.25) is 0 Å². The number of carbonyl (C=O) groups is 3. The fourth-order valence-corrected chi connectivity index (χ4v) is 8.22. The number of carbonyl (C=O) groups excluding carboxylic acids is 3. The number of hydrogen-bond acceptors (Lipinski definition) is 6. The molecular formula is C58H106O6. The first-order valence-electron chi connectivity index (χ1n) is 28.0. The highest BCUT2D eigenvalue weighted by Crippen LogP contribution is 2.17. The van der Waals surface area contributed by atoms with Gasteiger partial charge >= 0.3 is 17.9 Å². The van der Waals surface area contributed by atoms with Crippen LogP contribution < -0.4 is 0 Å². The molecule has 0 aromatic heterocycles. The Kier molecular flexibility index (Phi) is 51.3. The first-order chi connectivity index (χ1) is 31.5. The third kappa shape index (κ3) is 50.6. The molecule has 0 radical (unpaired) electrons. The van der Waals surface area contributed by atoms with Crippen molar-refractivity contribution >= 4 is 17.9 Å². The van der Waals surface area contributed by atoms with E-state index in [1.807, 2.05) is 0 Å². The first kappa shape index (κ1) is 61.6. The second-order valence-corrected chi connectivity index (χ2v) is 18.8. The Morgan fingerprint density at radius 1 is 0.328 bits per heavy atom. The Morgan fingerprint density at radius 3 is 0.953 bits per heavy atom. The van der Waals surface area contributed by atoms with Crippen molar-refractivity contribution in [3.63, 3.8) is 0 Å². The molecule has 0 amide bonds. The van der Waals surface area contributed by atoms with Crippen molar-refractivity contribution in [1.82, 2.24) is 0 Å². The second-order valence-electron chi connectivity index (χ2n) is 18.8. The van der Waals surface area contributed by atoms with Crippen LogP contribution in [0, 0.1) is 0 Å². The summed E-state index contributed by atoms with van der Waals surface area (Å²) in [4.78, 5) is 38.1. The predicted octanol–water partition coefficient (Wildman–Crippen LogP) is 18.5. The number of unbranched alkanes of at least 4 members (excludes halogenated alkanes) is 34. The molecule has 6 heteroatoms. The highest BCUT2D eigenvalue weighted by Gasteiger charge is 2.19. The summed E-state index contributed by atoms with van der Waals surface area (Å²) >= 11 is 0. The number of esters is 3. The Labute approximate surface area is 397 Å². The number of ether oxygens (including phenoxy) is 3. The van der Waals surface area contributed by atoms with E-state index in [-0.39, 0.29) is 31.1 Å². The van der Waals surface area contributed by atoms with Crippen LogP contribution in [0.25, 0.3) is 0 Å². The highest BCUT2D eigenvalue weighted by atomic mass is 16.6. The maximum Gasteiger partial charge on any atom is 0.306 e. The van der Waals surface area contributed by atoms with E-state index >= 15 is 0 Å². The number of hydrogen-bond donors (Lipinski definition) is 0. The van der Waals surface area contributed by atoms with Crippen molar-refractivity contribution in [1.29, 1.82) is 0 Å². The molecule has 0 aromatic rings. The summed E-state index contributed by atoms with van der Waals surface area (Å²) in [6.45, 7) is 6.55. The molecule has 0 bridgehead atoms. The summed E-state index contributed by atoms with van der Waals surface area (Å²) in [6.07, 6.45) is 62.7. The lowest BCUT2D eigenvalue weighted by atomic mass is 10.0. The van der Waals surface area contributed by atoms with Gasteiger partial charge in [0, 0.05) is 19.3 Å². The van der Waals surface area contributed by atoms with E-state index in [0.29, 0.717) is 19.3 Å². The molecule has 0 fully saturated rings. The number of allylic oxidation sites excluding steroid dienone is 6. The van der Waals surface area contributed by atoms with Crippen molar-refractivity contribution in [2.75, 3.05) is 13.2 Å². The van der Waals surface area contributed by atoms with Gasteiger partial charge in [-0.3, -0.25) is 14.4 Å². The van der Waals surface area contributed by atoms with Crippen LogP contribution in [0.1, 0.15) is 297 Å². The van der Waals surface area contributed by atoms with Crippen LogP contribution >= 0.6 is 0 Å². The molecule has 1 atom stereocenters. The summed E-state index contributed by atoms with van der Waals surface area (Å²) in [5.41, 5.74) is 0. The largest absolute Gasteiger partial charge is 0.462 e. The lowest BCUT2D eigenvalue weighted by Crippen LogP contribution is -2.30. The quantitative estimate of drug-likeness (QED) is 0.0262. The summed E-state index contributed by atoms with van der Waals surface area (Å²) in [5, 5.41) is 0. The lowest BCUT2D eigenvalue weighted by Gasteiger charge is -2.18. The summed E-state index contributed by atoms with van der Waals surface area (Å²) < 4.78 is 16.8. The molecule has 0 saturated heterocycles. The van der Waals surface area contributed by atoms with Gasteiger partial charge in [0.05, 0.1) is 0 Å². The SMILES string of the molecule is CC/C=C\C/C=C\C/C=C\CCCCCCC(=O)OCC(COC(=O)CCCCCCCCCCCCCCCCCC)OC(=O)CCCCCCCCCCCCCCCCCC. The van der Waals surface area contributed by atoms with Gasteiger partial charge in [-0.05, 0) is 51.4 Å². The van der Waals surface area contributed by atoms with Crippen molar-refractivity contribution in [2.24, 2.45) is 0 Å². The molecule has 0 N–H and O–H groups in total. The molecule has 0 rings (SSSR count). The molecule has 0 heterocycles. The van der Waals surface area contributed by atoms with Gasteiger partial charge < -0.3 is 14.2 Å². The highest BCUT2D eigenvalue weighted by molar-refractivity contribution is 5.71.